The number of morpholine rings is 1. The van der Waals surface area contributed by atoms with Crippen LogP contribution in [-0.2, 0) is 4.74 Å². The van der Waals surface area contributed by atoms with Gasteiger partial charge in [-0.1, -0.05) is 24.6 Å². The maximum atomic E-state index is 6.47. The molecule has 0 aliphatic carbocycles. The Bertz CT molecular complexity index is 452. The zero-order chi connectivity index (χ0) is 14.7. The lowest BCUT2D eigenvalue weighted by Gasteiger charge is -2.38. The normalized spacial score (nSPS) is 24.8. The predicted molar refractivity (Wildman–Crippen MR) is 85.8 cm³/mol. The maximum absolute atomic E-state index is 6.47. The van der Waals surface area contributed by atoms with Gasteiger partial charge in [0.25, 0.3) is 0 Å². The van der Waals surface area contributed by atoms with Gasteiger partial charge >= 0.3 is 0 Å². The third-order valence-corrected chi connectivity index (χ3v) is 4.23. The van der Waals surface area contributed by atoms with Gasteiger partial charge in [-0.2, -0.15) is 0 Å². The van der Waals surface area contributed by atoms with Gasteiger partial charge in [-0.3, -0.25) is 0 Å². The van der Waals surface area contributed by atoms with Crippen molar-refractivity contribution >= 4 is 17.3 Å². The van der Waals surface area contributed by atoms with Gasteiger partial charge in [0.1, 0.15) is 0 Å². The first-order valence-electron chi connectivity index (χ1n) is 7.44. The lowest BCUT2D eigenvalue weighted by molar-refractivity contribution is 0.0344. The lowest BCUT2D eigenvalue weighted by Crippen LogP contribution is -2.47. The molecule has 1 heterocycles. The molecule has 1 aliphatic heterocycles. The van der Waals surface area contributed by atoms with E-state index in [1.165, 1.54) is 5.69 Å². The van der Waals surface area contributed by atoms with E-state index in [-0.39, 0.29) is 12.1 Å². The number of nitrogens with one attached hydrogen (secondary N) is 1. The quantitative estimate of drug-likeness (QED) is 0.918. The van der Waals surface area contributed by atoms with Crippen LogP contribution in [0.2, 0.25) is 5.02 Å². The molecule has 112 valence electrons. The highest BCUT2D eigenvalue weighted by Crippen LogP contribution is 2.30. The molecule has 3 unspecified atom stereocenters. The fourth-order valence-corrected chi connectivity index (χ4v) is 3.06. The Morgan fingerprint density at radius 3 is 2.85 bits per heavy atom. The van der Waals surface area contributed by atoms with Gasteiger partial charge in [0.05, 0.1) is 12.7 Å². The standard InChI is InChI=1S/C16H25ClN2O/c1-5-18-13(4)15-7-6-14(8-16(15)17)19-9-12(3)20-10-11(19)2/h6-8,11-13,18H,5,9-10H2,1-4H3. The summed E-state index contributed by atoms with van der Waals surface area (Å²) in [6, 6.07) is 7.06. The third-order valence-electron chi connectivity index (χ3n) is 3.90. The van der Waals surface area contributed by atoms with E-state index in [4.69, 9.17) is 16.3 Å². The van der Waals surface area contributed by atoms with E-state index in [0.29, 0.717) is 6.04 Å². The lowest BCUT2D eigenvalue weighted by atomic mass is 10.1. The van der Waals surface area contributed by atoms with Gasteiger partial charge in [0, 0.05) is 29.3 Å². The fourth-order valence-electron chi connectivity index (χ4n) is 2.73. The molecule has 1 fully saturated rings. The molecular formula is C16H25ClN2O. The van der Waals surface area contributed by atoms with E-state index in [0.717, 1.165) is 30.3 Å². The minimum atomic E-state index is 0.269. The Balaban J connectivity index is 2.19. The zero-order valence-electron chi connectivity index (χ0n) is 12.8. The number of halogens is 1. The molecule has 3 nitrogen and oxygen atoms in total. The summed E-state index contributed by atoms with van der Waals surface area (Å²) in [7, 11) is 0. The molecule has 3 atom stereocenters. The summed E-state index contributed by atoms with van der Waals surface area (Å²) in [5, 5.41) is 4.23. The molecule has 0 radical (unpaired) electrons. The average Bonchev–Trinajstić information content (AvgIpc) is 2.41. The molecule has 1 aliphatic rings. The van der Waals surface area contributed by atoms with Crippen LogP contribution in [0.15, 0.2) is 18.2 Å². The number of hydrogen-bond donors (Lipinski definition) is 1. The molecule has 1 aromatic rings. The highest BCUT2D eigenvalue weighted by Gasteiger charge is 2.24. The van der Waals surface area contributed by atoms with Crippen molar-refractivity contribution < 1.29 is 4.74 Å². The minimum Gasteiger partial charge on any atom is -0.375 e. The average molecular weight is 297 g/mol. The Morgan fingerprint density at radius 2 is 2.20 bits per heavy atom. The van der Waals surface area contributed by atoms with Crippen molar-refractivity contribution in [2.24, 2.45) is 0 Å². The molecule has 20 heavy (non-hydrogen) atoms. The van der Waals surface area contributed by atoms with E-state index in [1.807, 2.05) is 0 Å². The fraction of sp³-hybridized carbons (Fsp3) is 0.625. The summed E-state index contributed by atoms with van der Waals surface area (Å²) in [4.78, 5) is 2.38. The summed E-state index contributed by atoms with van der Waals surface area (Å²) in [5.41, 5.74) is 2.34. The van der Waals surface area contributed by atoms with E-state index in [9.17, 15) is 0 Å². The smallest absolute Gasteiger partial charge is 0.0723 e. The largest absolute Gasteiger partial charge is 0.375 e. The van der Waals surface area contributed by atoms with Crippen molar-refractivity contribution in [3.05, 3.63) is 28.8 Å². The van der Waals surface area contributed by atoms with Gasteiger partial charge in [0.2, 0.25) is 0 Å². The number of nitrogens with zero attached hydrogens (tertiary/aromatic N) is 1. The van der Waals surface area contributed by atoms with Gasteiger partial charge in [-0.25, -0.2) is 0 Å². The Hall–Kier alpha value is -0.770. The molecule has 0 saturated carbocycles. The minimum absolute atomic E-state index is 0.269. The predicted octanol–water partition coefficient (Wildman–Crippen LogP) is 3.62. The molecule has 0 bridgehead atoms. The Labute approximate surface area is 127 Å². The van der Waals surface area contributed by atoms with E-state index in [1.54, 1.807) is 0 Å². The van der Waals surface area contributed by atoms with E-state index in [2.05, 4.69) is 56.1 Å². The molecule has 0 aromatic heterocycles. The molecule has 1 saturated heterocycles. The van der Waals surface area contributed by atoms with Crippen LogP contribution in [0, 0.1) is 0 Å². The second-order valence-corrected chi connectivity index (χ2v) is 6.04. The first-order valence-corrected chi connectivity index (χ1v) is 7.81. The molecule has 0 spiro atoms. The maximum Gasteiger partial charge on any atom is 0.0723 e. The molecule has 1 aromatic carbocycles. The van der Waals surface area contributed by atoms with Crippen molar-refractivity contribution in [1.29, 1.82) is 0 Å². The molecule has 1 N–H and O–H groups in total. The van der Waals surface area contributed by atoms with Crippen LogP contribution in [0.4, 0.5) is 5.69 Å². The Morgan fingerprint density at radius 1 is 1.45 bits per heavy atom. The summed E-state index contributed by atoms with van der Waals surface area (Å²) in [6.45, 7) is 11.2. The number of anilines is 1. The second-order valence-electron chi connectivity index (χ2n) is 5.63. The summed E-state index contributed by atoms with van der Waals surface area (Å²) in [6.07, 6.45) is 0.269. The monoisotopic (exact) mass is 296 g/mol. The number of benzene rings is 1. The molecule has 0 amide bonds. The highest BCUT2D eigenvalue weighted by molar-refractivity contribution is 6.31. The van der Waals surface area contributed by atoms with Crippen molar-refractivity contribution in [1.82, 2.24) is 5.32 Å². The van der Waals surface area contributed by atoms with Gasteiger partial charge in [0.15, 0.2) is 0 Å². The topological polar surface area (TPSA) is 24.5 Å². The van der Waals surface area contributed by atoms with E-state index < -0.39 is 0 Å². The summed E-state index contributed by atoms with van der Waals surface area (Å²) >= 11 is 6.47. The SMILES string of the molecule is CCNC(C)c1ccc(N2CC(C)OCC2C)cc1Cl. The van der Waals surface area contributed by atoms with Crippen LogP contribution in [0.25, 0.3) is 0 Å². The molecule has 4 heteroatoms. The Kier molecular flexibility index (Phi) is 5.30. The number of ether oxygens (including phenoxy) is 1. The van der Waals surface area contributed by atoms with Crippen LogP contribution in [0.5, 0.6) is 0 Å². The van der Waals surface area contributed by atoms with Gasteiger partial charge in [-0.15, -0.1) is 0 Å². The summed E-state index contributed by atoms with van der Waals surface area (Å²) in [5.74, 6) is 0. The zero-order valence-corrected chi connectivity index (χ0v) is 13.6. The van der Waals surface area contributed by atoms with Crippen molar-refractivity contribution in [3.8, 4) is 0 Å². The van der Waals surface area contributed by atoms with Crippen molar-refractivity contribution in [2.75, 3.05) is 24.6 Å². The highest BCUT2D eigenvalue weighted by atomic mass is 35.5. The first kappa shape index (κ1) is 15.6. The van der Waals surface area contributed by atoms with Crippen LogP contribution in [-0.4, -0.2) is 31.8 Å². The van der Waals surface area contributed by atoms with Crippen LogP contribution >= 0.6 is 11.6 Å². The van der Waals surface area contributed by atoms with Crippen molar-refractivity contribution in [3.63, 3.8) is 0 Å². The molecular weight excluding hydrogens is 272 g/mol. The van der Waals surface area contributed by atoms with Crippen LogP contribution in [0.1, 0.15) is 39.3 Å². The summed E-state index contributed by atoms with van der Waals surface area (Å²) < 4.78 is 5.68. The second kappa shape index (κ2) is 6.79. The van der Waals surface area contributed by atoms with Gasteiger partial charge in [-0.05, 0) is 45.0 Å². The molecule has 2 rings (SSSR count). The van der Waals surface area contributed by atoms with Crippen LogP contribution < -0.4 is 10.2 Å². The first-order chi connectivity index (χ1) is 9.52. The van der Waals surface area contributed by atoms with E-state index >= 15 is 0 Å². The number of hydrogen-bond acceptors (Lipinski definition) is 3. The van der Waals surface area contributed by atoms with Gasteiger partial charge < -0.3 is 15.0 Å². The van der Waals surface area contributed by atoms with Crippen LogP contribution in [0.3, 0.4) is 0 Å². The third kappa shape index (κ3) is 3.46. The van der Waals surface area contributed by atoms with Crippen molar-refractivity contribution in [2.45, 2.75) is 45.9 Å². The number of rotatable bonds is 4.